The second kappa shape index (κ2) is 10.0. The summed E-state index contributed by atoms with van der Waals surface area (Å²) in [5.74, 6) is -0.612. The number of nitriles is 1. The predicted octanol–water partition coefficient (Wildman–Crippen LogP) is 4.71. The van der Waals surface area contributed by atoms with Crippen LogP contribution in [0.15, 0.2) is 47.4 Å². The number of hydrogen-bond acceptors (Lipinski definition) is 4. The van der Waals surface area contributed by atoms with Crippen molar-refractivity contribution in [3.8, 4) is 6.07 Å². The maximum absolute atomic E-state index is 13.2. The van der Waals surface area contributed by atoms with Crippen molar-refractivity contribution in [2.45, 2.75) is 24.2 Å². The van der Waals surface area contributed by atoms with Crippen LogP contribution in [0.1, 0.15) is 18.1 Å². The van der Waals surface area contributed by atoms with Crippen molar-refractivity contribution in [3.05, 3.63) is 53.6 Å². The number of carbonyl (C=O) groups excluding carboxylic acids is 1. The normalized spacial score (nSPS) is 12.7. The quantitative estimate of drug-likeness (QED) is 0.587. The Balaban J connectivity index is 2.24. The zero-order valence-electron chi connectivity index (χ0n) is 16.5. The zero-order chi connectivity index (χ0) is 24.1. The van der Waals surface area contributed by atoms with E-state index in [1.54, 1.807) is 0 Å². The Bertz CT molecular complexity index is 1030. The molecule has 2 rings (SSSR count). The summed E-state index contributed by atoms with van der Waals surface area (Å²) in [4.78, 5) is 11.9. The predicted molar refractivity (Wildman–Crippen MR) is 106 cm³/mol. The SMILES string of the molecule is CC(=O)Nc1ccc(S(=O)CCN(CC(F)(F)F)c2ccc(C#N)c(C(F)(F)F)c2)cc1. The number of hydrogen-bond donors (Lipinski definition) is 1. The monoisotopic (exact) mass is 477 g/mol. The summed E-state index contributed by atoms with van der Waals surface area (Å²) >= 11 is 0. The van der Waals surface area contributed by atoms with Gasteiger partial charge >= 0.3 is 12.4 Å². The molecule has 0 radical (unpaired) electrons. The van der Waals surface area contributed by atoms with Gasteiger partial charge in [0.2, 0.25) is 5.91 Å². The Labute approximate surface area is 182 Å². The molecule has 0 saturated heterocycles. The molecule has 0 aliphatic carbocycles. The van der Waals surface area contributed by atoms with Gasteiger partial charge in [0.15, 0.2) is 0 Å². The molecule has 0 spiro atoms. The van der Waals surface area contributed by atoms with Crippen molar-refractivity contribution in [1.82, 2.24) is 0 Å². The van der Waals surface area contributed by atoms with Crippen molar-refractivity contribution in [2.75, 3.05) is 29.1 Å². The lowest BCUT2D eigenvalue weighted by Crippen LogP contribution is -2.37. The fourth-order valence-electron chi connectivity index (χ4n) is 2.78. The summed E-state index contributed by atoms with van der Waals surface area (Å²) in [6.45, 7) is -0.716. The molecule has 0 aromatic heterocycles. The highest BCUT2D eigenvalue weighted by molar-refractivity contribution is 7.85. The van der Waals surface area contributed by atoms with Crippen LogP contribution in [0.3, 0.4) is 0 Å². The lowest BCUT2D eigenvalue weighted by molar-refractivity contribution is -0.137. The first-order chi connectivity index (χ1) is 14.8. The average Bonchev–Trinajstić information content (AvgIpc) is 2.69. The van der Waals surface area contributed by atoms with E-state index in [-0.39, 0.29) is 16.6 Å². The van der Waals surface area contributed by atoms with E-state index in [9.17, 15) is 35.3 Å². The first kappa shape index (κ1) is 25.2. The van der Waals surface area contributed by atoms with Gasteiger partial charge in [-0.1, -0.05) is 0 Å². The number of carbonyl (C=O) groups is 1. The molecule has 0 bridgehead atoms. The summed E-state index contributed by atoms with van der Waals surface area (Å²) in [5, 5.41) is 11.4. The Morgan fingerprint density at radius 2 is 1.72 bits per heavy atom. The van der Waals surface area contributed by atoms with Gasteiger partial charge in [0, 0.05) is 35.5 Å². The Kier molecular flexibility index (Phi) is 7.90. The fourth-order valence-corrected chi connectivity index (χ4v) is 3.84. The van der Waals surface area contributed by atoms with Gasteiger partial charge in [-0.2, -0.15) is 31.6 Å². The number of alkyl halides is 6. The molecule has 32 heavy (non-hydrogen) atoms. The van der Waals surface area contributed by atoms with Crippen LogP contribution in [0.5, 0.6) is 0 Å². The Morgan fingerprint density at radius 1 is 1.09 bits per heavy atom. The van der Waals surface area contributed by atoms with Crippen molar-refractivity contribution < 1.29 is 35.3 Å². The number of anilines is 2. The summed E-state index contributed by atoms with van der Waals surface area (Å²) < 4.78 is 91.2. The van der Waals surface area contributed by atoms with Crippen molar-refractivity contribution in [3.63, 3.8) is 0 Å². The number of rotatable bonds is 7. The van der Waals surface area contributed by atoms with E-state index >= 15 is 0 Å². The van der Waals surface area contributed by atoms with E-state index in [2.05, 4.69) is 5.32 Å². The molecule has 1 unspecified atom stereocenters. The van der Waals surface area contributed by atoms with E-state index in [1.807, 2.05) is 0 Å². The van der Waals surface area contributed by atoms with Gasteiger partial charge in [-0.05, 0) is 42.5 Å². The van der Waals surface area contributed by atoms with Crippen LogP contribution in [0, 0.1) is 11.3 Å². The van der Waals surface area contributed by atoms with Crippen LogP contribution in [-0.2, 0) is 21.8 Å². The van der Waals surface area contributed by atoms with Gasteiger partial charge < -0.3 is 10.2 Å². The third-order valence-electron chi connectivity index (χ3n) is 4.15. The van der Waals surface area contributed by atoms with Gasteiger partial charge in [-0.3, -0.25) is 9.00 Å². The largest absolute Gasteiger partial charge is 0.417 e. The van der Waals surface area contributed by atoms with Crippen LogP contribution in [0.2, 0.25) is 0 Å². The molecule has 5 nitrogen and oxygen atoms in total. The van der Waals surface area contributed by atoms with E-state index < -0.39 is 53.1 Å². The lowest BCUT2D eigenvalue weighted by atomic mass is 10.1. The number of halogens is 6. The standard InChI is InChI=1S/C20H17F6N3O2S/c1-13(30)28-15-3-6-17(7-4-15)32(31)9-8-29(12-19(21,22)23)16-5-2-14(11-27)18(10-16)20(24,25)26/h2-7,10H,8-9,12H2,1H3,(H,28,30). The van der Waals surface area contributed by atoms with Crippen LogP contribution in [0.4, 0.5) is 37.7 Å². The molecule has 1 N–H and O–H groups in total. The molecule has 0 saturated carbocycles. The summed E-state index contributed by atoms with van der Waals surface area (Å²) in [6.07, 6.45) is -9.66. The average molecular weight is 477 g/mol. The number of nitrogens with zero attached hydrogens (tertiary/aromatic N) is 2. The van der Waals surface area contributed by atoms with Crippen LogP contribution in [-0.4, -0.2) is 35.1 Å². The minimum atomic E-state index is -4.93. The lowest BCUT2D eigenvalue weighted by Gasteiger charge is -2.26. The minimum absolute atomic E-state index is 0.280. The number of amides is 1. The molecule has 12 heteroatoms. The molecular formula is C20H17F6N3O2S. The van der Waals surface area contributed by atoms with E-state index in [1.165, 1.54) is 37.3 Å². The topological polar surface area (TPSA) is 73.2 Å². The zero-order valence-corrected chi connectivity index (χ0v) is 17.4. The third kappa shape index (κ3) is 7.26. The molecule has 0 aliphatic heterocycles. The molecule has 1 amide bonds. The highest BCUT2D eigenvalue weighted by atomic mass is 32.2. The first-order valence-corrected chi connectivity index (χ1v) is 10.3. The molecule has 0 fully saturated rings. The summed E-state index contributed by atoms with van der Waals surface area (Å²) in [6, 6.07) is 9.45. The van der Waals surface area contributed by atoms with E-state index in [0.717, 1.165) is 12.1 Å². The molecule has 0 aliphatic rings. The number of nitrogens with one attached hydrogen (secondary N) is 1. The maximum atomic E-state index is 13.2. The summed E-state index contributed by atoms with van der Waals surface area (Å²) in [7, 11) is -1.75. The van der Waals surface area contributed by atoms with Gasteiger partial charge in [-0.25, -0.2) is 0 Å². The minimum Gasteiger partial charge on any atom is -0.362 e. The second-order valence-corrected chi connectivity index (χ2v) is 8.20. The van der Waals surface area contributed by atoms with Crippen LogP contribution in [0.25, 0.3) is 0 Å². The van der Waals surface area contributed by atoms with Crippen LogP contribution < -0.4 is 10.2 Å². The van der Waals surface area contributed by atoms with Gasteiger partial charge in [0.05, 0.1) is 28.0 Å². The Morgan fingerprint density at radius 3 is 2.22 bits per heavy atom. The molecule has 2 aromatic rings. The Hall–Kier alpha value is -3.07. The van der Waals surface area contributed by atoms with E-state index in [4.69, 9.17) is 5.26 Å². The molecule has 1 atom stereocenters. The molecule has 2 aromatic carbocycles. The highest BCUT2D eigenvalue weighted by Gasteiger charge is 2.36. The van der Waals surface area contributed by atoms with E-state index in [0.29, 0.717) is 16.7 Å². The summed E-state index contributed by atoms with van der Waals surface area (Å²) in [5.41, 5.74) is -2.02. The van der Waals surface area contributed by atoms with Gasteiger partial charge in [0.25, 0.3) is 0 Å². The van der Waals surface area contributed by atoms with Gasteiger partial charge in [-0.15, -0.1) is 0 Å². The first-order valence-electron chi connectivity index (χ1n) is 8.99. The smallest absolute Gasteiger partial charge is 0.362 e. The molecule has 172 valence electrons. The second-order valence-electron chi connectivity index (χ2n) is 6.63. The van der Waals surface area contributed by atoms with Crippen molar-refractivity contribution in [2.24, 2.45) is 0 Å². The number of benzene rings is 2. The van der Waals surface area contributed by atoms with Crippen LogP contribution >= 0.6 is 0 Å². The maximum Gasteiger partial charge on any atom is 0.417 e. The third-order valence-corrected chi connectivity index (χ3v) is 5.50. The van der Waals surface area contributed by atoms with Crippen molar-refractivity contribution in [1.29, 1.82) is 5.26 Å². The van der Waals surface area contributed by atoms with Crippen molar-refractivity contribution >= 4 is 28.1 Å². The van der Waals surface area contributed by atoms with Gasteiger partial charge in [0.1, 0.15) is 6.54 Å². The molecule has 0 heterocycles. The fraction of sp³-hybridized carbons (Fsp3) is 0.300. The molecular weight excluding hydrogens is 460 g/mol. The highest BCUT2D eigenvalue weighted by Crippen LogP contribution is 2.35.